The molecule has 1 aliphatic heterocycles. The van der Waals surface area contributed by atoms with Crippen LogP contribution in [0.25, 0.3) is 0 Å². The Morgan fingerprint density at radius 2 is 1.88 bits per heavy atom. The molecule has 2 unspecified atom stereocenters. The Balaban J connectivity index is 1.34. The number of piperazine rings is 1. The first-order chi connectivity index (χ1) is 11.7. The monoisotopic (exact) mass is 343 g/mol. The van der Waals surface area contributed by atoms with Crippen LogP contribution in [-0.2, 0) is 13.0 Å². The summed E-state index contributed by atoms with van der Waals surface area (Å²) in [6.45, 7) is 4.93. The van der Waals surface area contributed by atoms with Crippen LogP contribution in [0.15, 0.2) is 42.6 Å². The van der Waals surface area contributed by atoms with Crippen molar-refractivity contribution in [3.05, 3.63) is 64.4 Å². The van der Waals surface area contributed by atoms with Gasteiger partial charge in [-0.15, -0.1) is 0 Å². The van der Waals surface area contributed by atoms with E-state index in [0.717, 1.165) is 44.7 Å². The van der Waals surface area contributed by atoms with Crippen LogP contribution in [0.2, 0.25) is 5.15 Å². The molecular formula is C19H22ClN3O. The van der Waals surface area contributed by atoms with Crippen molar-refractivity contribution >= 4 is 11.6 Å². The van der Waals surface area contributed by atoms with Crippen LogP contribution in [0.1, 0.15) is 22.8 Å². The smallest absolute Gasteiger partial charge is 0.129 e. The van der Waals surface area contributed by atoms with Crippen molar-refractivity contribution in [3.63, 3.8) is 0 Å². The summed E-state index contributed by atoms with van der Waals surface area (Å²) < 4.78 is 0. The van der Waals surface area contributed by atoms with Crippen molar-refractivity contribution in [1.29, 1.82) is 0 Å². The molecule has 1 saturated heterocycles. The number of aliphatic hydroxyl groups is 1. The molecule has 0 radical (unpaired) electrons. The van der Waals surface area contributed by atoms with Gasteiger partial charge in [-0.1, -0.05) is 41.9 Å². The minimum absolute atomic E-state index is 0.224. The van der Waals surface area contributed by atoms with E-state index in [0.29, 0.717) is 5.15 Å². The SMILES string of the molecule is OC1c2ccccc2CC1N1CCN(Cc2ccc(Cl)nc2)CC1. The fraction of sp³-hybridized carbons (Fsp3) is 0.421. The molecule has 2 heterocycles. The summed E-state index contributed by atoms with van der Waals surface area (Å²) in [4.78, 5) is 9.04. The Morgan fingerprint density at radius 3 is 2.58 bits per heavy atom. The molecule has 4 nitrogen and oxygen atoms in total. The van der Waals surface area contributed by atoms with Gasteiger partial charge < -0.3 is 5.11 Å². The lowest BCUT2D eigenvalue weighted by atomic mass is 10.1. The molecule has 1 aromatic heterocycles. The van der Waals surface area contributed by atoms with E-state index < -0.39 is 0 Å². The van der Waals surface area contributed by atoms with Gasteiger partial charge in [0.15, 0.2) is 0 Å². The molecule has 1 aromatic carbocycles. The summed E-state index contributed by atoms with van der Waals surface area (Å²) in [5.74, 6) is 0. The lowest BCUT2D eigenvalue weighted by molar-refractivity contribution is 0.0258. The van der Waals surface area contributed by atoms with Gasteiger partial charge in [0, 0.05) is 45.0 Å². The number of hydrogen-bond donors (Lipinski definition) is 1. The van der Waals surface area contributed by atoms with E-state index >= 15 is 0 Å². The van der Waals surface area contributed by atoms with Crippen molar-refractivity contribution in [2.24, 2.45) is 0 Å². The summed E-state index contributed by atoms with van der Waals surface area (Å²) in [7, 11) is 0. The third kappa shape index (κ3) is 3.20. The maximum Gasteiger partial charge on any atom is 0.129 e. The number of fused-ring (bicyclic) bond motifs is 1. The van der Waals surface area contributed by atoms with E-state index in [9.17, 15) is 5.11 Å². The van der Waals surface area contributed by atoms with Gasteiger partial charge in [0.05, 0.1) is 6.10 Å². The first-order valence-corrected chi connectivity index (χ1v) is 8.91. The first kappa shape index (κ1) is 16.0. The molecule has 24 heavy (non-hydrogen) atoms. The van der Waals surface area contributed by atoms with Gasteiger partial charge in [-0.2, -0.15) is 0 Å². The second-order valence-corrected chi connectivity index (χ2v) is 7.10. The van der Waals surface area contributed by atoms with Gasteiger partial charge in [0.2, 0.25) is 0 Å². The minimum atomic E-state index is -0.354. The first-order valence-electron chi connectivity index (χ1n) is 8.53. The van der Waals surface area contributed by atoms with Crippen LogP contribution in [0, 0.1) is 0 Å². The zero-order valence-electron chi connectivity index (χ0n) is 13.6. The second kappa shape index (κ2) is 6.81. The van der Waals surface area contributed by atoms with Crippen molar-refractivity contribution in [2.75, 3.05) is 26.2 Å². The molecule has 0 saturated carbocycles. The normalized spacial score (nSPS) is 24.9. The Morgan fingerprint density at radius 1 is 1.08 bits per heavy atom. The van der Waals surface area contributed by atoms with E-state index in [1.54, 1.807) is 0 Å². The fourth-order valence-corrected chi connectivity index (χ4v) is 4.00. The Bertz CT molecular complexity index is 698. The molecule has 126 valence electrons. The van der Waals surface area contributed by atoms with Gasteiger partial charge in [-0.3, -0.25) is 9.80 Å². The third-order valence-corrected chi connectivity index (χ3v) is 5.46. The lowest BCUT2D eigenvalue weighted by Gasteiger charge is -2.39. The van der Waals surface area contributed by atoms with Crippen LogP contribution in [0.4, 0.5) is 0 Å². The zero-order chi connectivity index (χ0) is 16.5. The molecule has 2 aromatic rings. The lowest BCUT2D eigenvalue weighted by Crippen LogP contribution is -2.51. The number of halogens is 1. The average Bonchev–Trinajstić information content (AvgIpc) is 2.95. The van der Waals surface area contributed by atoms with E-state index in [1.165, 1.54) is 11.1 Å². The summed E-state index contributed by atoms with van der Waals surface area (Å²) >= 11 is 5.84. The summed E-state index contributed by atoms with van der Waals surface area (Å²) in [5.41, 5.74) is 3.60. The Hall–Kier alpha value is -1.46. The third-order valence-electron chi connectivity index (χ3n) is 5.24. The standard InChI is InChI=1S/C19H22ClN3O/c20-18-6-5-14(12-21-18)13-22-7-9-23(10-8-22)17-11-15-3-1-2-4-16(15)19(17)24/h1-6,12,17,19,24H,7-11,13H2. The highest BCUT2D eigenvalue weighted by molar-refractivity contribution is 6.29. The molecule has 1 fully saturated rings. The largest absolute Gasteiger partial charge is 0.387 e. The van der Waals surface area contributed by atoms with Crippen LogP contribution < -0.4 is 0 Å². The molecule has 0 amide bonds. The van der Waals surface area contributed by atoms with Crippen molar-refractivity contribution in [2.45, 2.75) is 25.1 Å². The van der Waals surface area contributed by atoms with E-state index in [-0.39, 0.29) is 12.1 Å². The predicted molar refractivity (Wildman–Crippen MR) is 95.0 cm³/mol. The van der Waals surface area contributed by atoms with E-state index in [4.69, 9.17) is 11.6 Å². The van der Waals surface area contributed by atoms with Crippen LogP contribution in [-0.4, -0.2) is 52.1 Å². The molecule has 0 bridgehead atoms. The average molecular weight is 344 g/mol. The number of pyridine rings is 1. The van der Waals surface area contributed by atoms with Gasteiger partial charge >= 0.3 is 0 Å². The fourth-order valence-electron chi connectivity index (χ4n) is 3.89. The quantitative estimate of drug-likeness (QED) is 0.869. The van der Waals surface area contributed by atoms with Gasteiger partial charge in [0.1, 0.15) is 5.15 Å². The zero-order valence-corrected chi connectivity index (χ0v) is 14.4. The Kier molecular flexibility index (Phi) is 4.55. The molecule has 2 atom stereocenters. The number of aromatic nitrogens is 1. The van der Waals surface area contributed by atoms with Crippen molar-refractivity contribution in [1.82, 2.24) is 14.8 Å². The highest BCUT2D eigenvalue weighted by Gasteiger charge is 2.36. The Labute approximate surface area is 147 Å². The predicted octanol–water partition coefficient (Wildman–Crippen LogP) is 2.51. The number of aliphatic hydroxyl groups excluding tert-OH is 1. The maximum absolute atomic E-state index is 10.6. The molecule has 1 N–H and O–H groups in total. The van der Waals surface area contributed by atoms with Gasteiger partial charge in [-0.05, 0) is 29.2 Å². The highest BCUT2D eigenvalue weighted by atomic mass is 35.5. The summed E-state index contributed by atoms with van der Waals surface area (Å²) in [6.07, 6.45) is 2.46. The number of rotatable bonds is 3. The molecule has 1 aliphatic carbocycles. The van der Waals surface area contributed by atoms with Gasteiger partial charge in [-0.25, -0.2) is 4.98 Å². The molecule has 5 heteroatoms. The molecule has 2 aliphatic rings. The topological polar surface area (TPSA) is 39.6 Å². The van der Waals surface area contributed by atoms with Crippen LogP contribution in [0.5, 0.6) is 0 Å². The summed E-state index contributed by atoms with van der Waals surface area (Å²) in [5, 5.41) is 11.2. The molecular weight excluding hydrogens is 322 g/mol. The maximum atomic E-state index is 10.6. The van der Waals surface area contributed by atoms with E-state index in [2.05, 4.69) is 33.0 Å². The number of benzene rings is 1. The number of nitrogens with zero attached hydrogens (tertiary/aromatic N) is 3. The van der Waals surface area contributed by atoms with Crippen molar-refractivity contribution in [3.8, 4) is 0 Å². The van der Waals surface area contributed by atoms with Crippen LogP contribution >= 0.6 is 11.6 Å². The highest BCUT2D eigenvalue weighted by Crippen LogP contribution is 2.34. The second-order valence-electron chi connectivity index (χ2n) is 6.72. The molecule has 0 spiro atoms. The minimum Gasteiger partial charge on any atom is -0.387 e. The molecule has 4 rings (SSSR count). The summed E-state index contributed by atoms with van der Waals surface area (Å²) in [6, 6.07) is 12.4. The van der Waals surface area contributed by atoms with Gasteiger partial charge in [0.25, 0.3) is 0 Å². The number of hydrogen-bond acceptors (Lipinski definition) is 4. The van der Waals surface area contributed by atoms with Crippen LogP contribution in [0.3, 0.4) is 0 Å². The van der Waals surface area contributed by atoms with E-state index in [1.807, 2.05) is 24.4 Å². The van der Waals surface area contributed by atoms with Crippen molar-refractivity contribution < 1.29 is 5.11 Å².